The quantitative estimate of drug-likeness (QED) is 0.900. The van der Waals surface area contributed by atoms with Crippen LogP contribution >= 0.6 is 0 Å². The molecule has 4 amide bonds. The van der Waals surface area contributed by atoms with Crippen LogP contribution in [0.15, 0.2) is 29.3 Å². The maximum absolute atomic E-state index is 12.8. The largest absolute Gasteiger partial charge is 0.352 e. The molecule has 0 saturated heterocycles. The lowest BCUT2D eigenvalue weighted by Crippen LogP contribution is -2.43. The summed E-state index contributed by atoms with van der Waals surface area (Å²) in [5, 5.41) is 2.71. The summed E-state index contributed by atoms with van der Waals surface area (Å²) in [5.41, 5.74) is 1.22. The van der Waals surface area contributed by atoms with Crippen LogP contribution in [0.4, 0.5) is 9.18 Å². The van der Waals surface area contributed by atoms with E-state index in [1.54, 1.807) is 19.1 Å². The predicted molar refractivity (Wildman–Crippen MR) is 82.2 cm³/mol. The van der Waals surface area contributed by atoms with Crippen molar-refractivity contribution in [2.24, 2.45) is 10.9 Å². The van der Waals surface area contributed by atoms with Crippen LogP contribution in [0.2, 0.25) is 0 Å². The molecule has 1 heterocycles. The van der Waals surface area contributed by atoms with Crippen LogP contribution in [0.25, 0.3) is 0 Å². The summed E-state index contributed by atoms with van der Waals surface area (Å²) in [6.45, 7) is 1.91. The lowest BCUT2D eigenvalue weighted by Gasteiger charge is -2.25. The summed E-state index contributed by atoms with van der Waals surface area (Å²) in [6, 6.07) is 5.27. The van der Waals surface area contributed by atoms with Gasteiger partial charge in [0.25, 0.3) is 0 Å². The highest BCUT2D eigenvalue weighted by Gasteiger charge is 2.33. The predicted octanol–water partition coefficient (Wildman–Crippen LogP) is 1.89. The van der Waals surface area contributed by atoms with Crippen molar-refractivity contribution in [3.8, 4) is 0 Å². The molecule has 1 atom stereocenters. The zero-order chi connectivity index (χ0) is 17.0. The minimum Gasteiger partial charge on any atom is -0.352 e. The van der Waals surface area contributed by atoms with Gasteiger partial charge in [0.1, 0.15) is 5.82 Å². The third-order valence-corrected chi connectivity index (χ3v) is 3.75. The van der Waals surface area contributed by atoms with Crippen LogP contribution in [0.1, 0.15) is 25.3 Å². The van der Waals surface area contributed by atoms with Gasteiger partial charge in [0.2, 0.25) is 11.8 Å². The zero-order valence-electron chi connectivity index (χ0n) is 13.0. The maximum atomic E-state index is 12.8. The fourth-order valence-corrected chi connectivity index (χ4v) is 2.31. The lowest BCUT2D eigenvalue weighted by molar-refractivity contribution is -0.130. The molecular weight excluding hydrogens is 301 g/mol. The number of halogens is 1. The van der Waals surface area contributed by atoms with Gasteiger partial charge in [0.15, 0.2) is 0 Å². The number of aliphatic imine (C=N–C) groups is 1. The Kier molecular flexibility index (Phi) is 5.20. The van der Waals surface area contributed by atoms with Crippen molar-refractivity contribution < 1.29 is 18.8 Å². The van der Waals surface area contributed by atoms with Crippen LogP contribution in [-0.4, -0.2) is 35.5 Å². The average molecular weight is 319 g/mol. The second-order valence-electron chi connectivity index (χ2n) is 5.43. The lowest BCUT2D eigenvalue weighted by atomic mass is 9.95. The molecule has 23 heavy (non-hydrogen) atoms. The van der Waals surface area contributed by atoms with Gasteiger partial charge in [0.05, 0.1) is 5.92 Å². The van der Waals surface area contributed by atoms with E-state index in [1.165, 1.54) is 19.2 Å². The van der Waals surface area contributed by atoms with Gasteiger partial charge in [-0.15, -0.1) is 0 Å². The van der Waals surface area contributed by atoms with E-state index in [9.17, 15) is 18.8 Å². The molecule has 1 aromatic rings. The van der Waals surface area contributed by atoms with Crippen molar-refractivity contribution in [3.63, 3.8) is 0 Å². The van der Waals surface area contributed by atoms with E-state index >= 15 is 0 Å². The topological polar surface area (TPSA) is 78.8 Å². The summed E-state index contributed by atoms with van der Waals surface area (Å²) in [7, 11) is 1.38. The van der Waals surface area contributed by atoms with E-state index in [4.69, 9.17) is 0 Å². The van der Waals surface area contributed by atoms with Crippen molar-refractivity contribution >= 4 is 23.6 Å². The molecule has 0 radical (unpaired) electrons. The zero-order valence-corrected chi connectivity index (χ0v) is 13.0. The number of hydrogen-bond acceptors (Lipinski definition) is 3. The molecule has 0 aliphatic carbocycles. The Labute approximate surface area is 133 Å². The van der Waals surface area contributed by atoms with E-state index in [0.717, 1.165) is 10.5 Å². The number of benzene rings is 1. The molecule has 0 bridgehead atoms. The Bertz CT molecular complexity index is 655. The van der Waals surface area contributed by atoms with Crippen LogP contribution in [0, 0.1) is 11.7 Å². The molecule has 0 fully saturated rings. The monoisotopic (exact) mass is 319 g/mol. The molecule has 1 aliphatic heterocycles. The highest BCUT2D eigenvalue weighted by atomic mass is 19.1. The highest BCUT2D eigenvalue weighted by molar-refractivity contribution is 6.15. The summed E-state index contributed by atoms with van der Waals surface area (Å²) in [6.07, 6.45) is 0.438. The molecular formula is C16H18FN3O3. The molecule has 1 aromatic carbocycles. The van der Waals surface area contributed by atoms with Crippen molar-refractivity contribution in [1.82, 2.24) is 10.2 Å². The molecule has 0 aromatic heterocycles. The number of rotatable bonds is 5. The molecule has 1 N–H and O–H groups in total. The van der Waals surface area contributed by atoms with E-state index in [2.05, 4.69) is 10.3 Å². The Balaban J connectivity index is 1.84. The number of carbonyl (C=O) groups excluding carboxylic acids is 3. The van der Waals surface area contributed by atoms with Gasteiger partial charge in [-0.2, -0.15) is 0 Å². The number of nitrogens with zero attached hydrogens (tertiary/aromatic N) is 2. The van der Waals surface area contributed by atoms with Gasteiger partial charge in [-0.05, 0) is 31.0 Å². The first kappa shape index (κ1) is 16.8. The number of nitrogens with one attached hydrogen (secondary N) is 1. The first-order chi connectivity index (χ1) is 10.9. The van der Waals surface area contributed by atoms with E-state index in [0.29, 0.717) is 18.7 Å². The van der Waals surface area contributed by atoms with Crippen molar-refractivity contribution in [1.29, 1.82) is 0 Å². The fraction of sp³-hybridized carbons (Fsp3) is 0.375. The van der Waals surface area contributed by atoms with Crippen LogP contribution in [0.5, 0.6) is 0 Å². The highest BCUT2D eigenvalue weighted by Crippen LogP contribution is 2.18. The van der Waals surface area contributed by atoms with Gasteiger partial charge in [-0.3, -0.25) is 14.5 Å². The Hall–Kier alpha value is -2.57. The van der Waals surface area contributed by atoms with E-state index < -0.39 is 11.9 Å². The molecule has 1 unspecified atom stereocenters. The minimum absolute atomic E-state index is 0.145. The molecule has 2 rings (SSSR count). The number of urea groups is 1. The molecule has 6 nitrogen and oxygen atoms in total. The molecule has 7 heteroatoms. The smallest absolute Gasteiger partial charge is 0.349 e. The van der Waals surface area contributed by atoms with Gasteiger partial charge in [-0.1, -0.05) is 12.1 Å². The summed E-state index contributed by atoms with van der Waals surface area (Å²) < 4.78 is 12.8. The van der Waals surface area contributed by atoms with Crippen LogP contribution in [-0.2, 0) is 16.1 Å². The second kappa shape index (κ2) is 7.13. The molecule has 0 spiro atoms. The van der Waals surface area contributed by atoms with E-state index in [-0.39, 0.29) is 24.1 Å². The van der Waals surface area contributed by atoms with Crippen molar-refractivity contribution in [2.75, 3.05) is 7.05 Å². The Morgan fingerprint density at radius 1 is 1.30 bits per heavy atom. The fourth-order valence-electron chi connectivity index (χ4n) is 2.31. The molecule has 0 saturated carbocycles. The normalized spacial score (nSPS) is 18.0. The van der Waals surface area contributed by atoms with Gasteiger partial charge in [-0.25, -0.2) is 14.2 Å². The van der Waals surface area contributed by atoms with Crippen molar-refractivity contribution in [3.05, 3.63) is 35.6 Å². The van der Waals surface area contributed by atoms with Gasteiger partial charge in [0, 0.05) is 25.7 Å². The average Bonchev–Trinajstić information content (AvgIpc) is 2.52. The summed E-state index contributed by atoms with van der Waals surface area (Å²) in [5.74, 6) is -1.43. The maximum Gasteiger partial charge on any atom is 0.349 e. The number of imide groups is 1. The van der Waals surface area contributed by atoms with Crippen molar-refractivity contribution in [2.45, 2.75) is 26.3 Å². The minimum atomic E-state index is -0.579. The Morgan fingerprint density at radius 3 is 2.61 bits per heavy atom. The van der Waals surface area contributed by atoms with Crippen LogP contribution in [0.3, 0.4) is 0 Å². The summed E-state index contributed by atoms with van der Waals surface area (Å²) >= 11 is 0. The molecule has 122 valence electrons. The second-order valence-corrected chi connectivity index (χ2v) is 5.43. The van der Waals surface area contributed by atoms with Crippen LogP contribution < -0.4 is 5.32 Å². The first-order valence-electron chi connectivity index (χ1n) is 7.26. The number of hydrogen-bond donors (Lipinski definition) is 1. The third-order valence-electron chi connectivity index (χ3n) is 3.75. The Morgan fingerprint density at radius 2 is 1.96 bits per heavy atom. The number of carbonyl (C=O) groups is 3. The van der Waals surface area contributed by atoms with Gasteiger partial charge < -0.3 is 5.32 Å². The van der Waals surface area contributed by atoms with E-state index in [1.807, 2.05) is 0 Å². The van der Waals surface area contributed by atoms with Gasteiger partial charge >= 0.3 is 6.03 Å². The SMILES string of the molecule is CC1=NC(=O)N(C)C(=O)C1CCC(=O)NCc1ccc(F)cc1. The first-order valence-corrected chi connectivity index (χ1v) is 7.26. The third kappa shape index (κ3) is 4.21. The number of amides is 4. The standard InChI is InChI=1S/C16H18FN3O3/c1-10-13(15(22)20(2)16(23)19-10)7-8-14(21)18-9-11-3-5-12(17)6-4-11/h3-6,13H,7-9H2,1-2H3,(H,18,21). The molecule has 1 aliphatic rings. The summed E-state index contributed by atoms with van der Waals surface area (Å²) in [4.78, 5) is 40.0.